The Hall–Kier alpha value is -0.820. The molecule has 0 aliphatic heterocycles. The van der Waals surface area contributed by atoms with E-state index in [4.69, 9.17) is 0 Å². The summed E-state index contributed by atoms with van der Waals surface area (Å²) in [6, 6.07) is 9.50. The van der Waals surface area contributed by atoms with Gasteiger partial charge in [0.25, 0.3) is 0 Å². The Morgan fingerprint density at radius 1 is 0.947 bits per heavy atom. The molecule has 0 heterocycles. The average Bonchev–Trinajstić information content (AvgIpc) is 2.49. The number of hydrogen-bond acceptors (Lipinski definition) is 1. The van der Waals surface area contributed by atoms with Crippen LogP contribution in [0.4, 0.5) is 0 Å². The van der Waals surface area contributed by atoms with Gasteiger partial charge in [-0.05, 0) is 62.7 Å². The van der Waals surface area contributed by atoms with Crippen LogP contribution in [-0.2, 0) is 6.42 Å². The Kier molecular flexibility index (Phi) is 6.43. The second-order valence-electron chi connectivity index (χ2n) is 5.99. The van der Waals surface area contributed by atoms with Gasteiger partial charge in [0.05, 0.1) is 0 Å². The van der Waals surface area contributed by atoms with Gasteiger partial charge in [0.2, 0.25) is 0 Å². The SMILES string of the molecule is CNCCCCCc1ccc(C2CCCCC2)cc1. The first kappa shape index (κ1) is 14.6. The number of nitrogens with one attached hydrogen (secondary N) is 1. The van der Waals surface area contributed by atoms with Gasteiger partial charge >= 0.3 is 0 Å². The minimum absolute atomic E-state index is 0.846. The standard InChI is InChI=1S/C18H29N/c1-19-15-7-3-4-8-16-11-13-18(14-12-16)17-9-5-2-6-10-17/h11-14,17,19H,2-10,15H2,1H3. The van der Waals surface area contributed by atoms with Gasteiger partial charge in [-0.15, -0.1) is 0 Å². The van der Waals surface area contributed by atoms with E-state index in [2.05, 4.69) is 29.6 Å². The maximum Gasteiger partial charge on any atom is -0.00519 e. The van der Waals surface area contributed by atoms with Crippen LogP contribution in [0.3, 0.4) is 0 Å². The van der Waals surface area contributed by atoms with Crippen molar-refractivity contribution in [3.63, 3.8) is 0 Å². The Morgan fingerprint density at radius 2 is 1.68 bits per heavy atom. The minimum atomic E-state index is 0.846. The van der Waals surface area contributed by atoms with Gasteiger partial charge in [0.1, 0.15) is 0 Å². The van der Waals surface area contributed by atoms with Crippen molar-refractivity contribution in [1.82, 2.24) is 5.32 Å². The molecule has 0 saturated heterocycles. The minimum Gasteiger partial charge on any atom is -0.320 e. The molecule has 0 radical (unpaired) electrons. The van der Waals surface area contributed by atoms with Crippen molar-refractivity contribution in [3.8, 4) is 0 Å². The van der Waals surface area contributed by atoms with Crippen LogP contribution in [0.5, 0.6) is 0 Å². The van der Waals surface area contributed by atoms with E-state index in [1.807, 2.05) is 7.05 Å². The van der Waals surface area contributed by atoms with E-state index in [1.54, 1.807) is 5.56 Å². The third-order valence-electron chi connectivity index (χ3n) is 4.45. The zero-order valence-electron chi connectivity index (χ0n) is 12.5. The fourth-order valence-electron chi connectivity index (χ4n) is 3.20. The summed E-state index contributed by atoms with van der Waals surface area (Å²) < 4.78 is 0. The average molecular weight is 259 g/mol. The third-order valence-corrected chi connectivity index (χ3v) is 4.45. The molecule has 1 heteroatoms. The van der Waals surface area contributed by atoms with Gasteiger partial charge < -0.3 is 5.32 Å². The van der Waals surface area contributed by atoms with Crippen LogP contribution in [0.2, 0.25) is 0 Å². The highest BCUT2D eigenvalue weighted by molar-refractivity contribution is 5.25. The molecule has 0 unspecified atom stereocenters. The van der Waals surface area contributed by atoms with Crippen LogP contribution in [0.25, 0.3) is 0 Å². The Balaban J connectivity index is 1.74. The van der Waals surface area contributed by atoms with Gasteiger partial charge in [0, 0.05) is 0 Å². The van der Waals surface area contributed by atoms with Crippen molar-refractivity contribution >= 4 is 0 Å². The Morgan fingerprint density at radius 3 is 2.37 bits per heavy atom. The van der Waals surface area contributed by atoms with Crippen molar-refractivity contribution < 1.29 is 0 Å². The van der Waals surface area contributed by atoms with Gasteiger partial charge in [-0.3, -0.25) is 0 Å². The maximum absolute atomic E-state index is 3.21. The molecule has 1 saturated carbocycles. The van der Waals surface area contributed by atoms with Crippen LogP contribution >= 0.6 is 0 Å². The monoisotopic (exact) mass is 259 g/mol. The lowest BCUT2D eigenvalue weighted by Crippen LogP contribution is -2.07. The van der Waals surface area contributed by atoms with Crippen LogP contribution < -0.4 is 5.32 Å². The Labute approximate surface area is 118 Å². The zero-order valence-corrected chi connectivity index (χ0v) is 12.5. The lowest BCUT2D eigenvalue weighted by atomic mass is 9.84. The van der Waals surface area contributed by atoms with Crippen molar-refractivity contribution in [2.24, 2.45) is 0 Å². The van der Waals surface area contributed by atoms with Gasteiger partial charge in [-0.2, -0.15) is 0 Å². The molecule has 0 atom stereocenters. The van der Waals surface area contributed by atoms with E-state index in [0.29, 0.717) is 0 Å². The van der Waals surface area contributed by atoms with Gasteiger partial charge in [-0.1, -0.05) is 49.9 Å². The molecule has 106 valence electrons. The molecule has 2 rings (SSSR count). The van der Waals surface area contributed by atoms with E-state index >= 15 is 0 Å². The second kappa shape index (κ2) is 8.37. The summed E-state index contributed by atoms with van der Waals surface area (Å²) >= 11 is 0. The first-order chi connectivity index (χ1) is 9.40. The van der Waals surface area contributed by atoms with Crippen LogP contribution in [-0.4, -0.2) is 13.6 Å². The molecule has 0 aromatic heterocycles. The van der Waals surface area contributed by atoms with Gasteiger partial charge in [-0.25, -0.2) is 0 Å². The number of aryl methyl sites for hydroxylation is 1. The van der Waals surface area contributed by atoms with E-state index in [1.165, 1.54) is 63.4 Å². The number of unbranched alkanes of at least 4 members (excludes halogenated alkanes) is 2. The summed E-state index contributed by atoms with van der Waals surface area (Å²) in [6.07, 6.45) is 12.3. The lowest BCUT2D eigenvalue weighted by Gasteiger charge is -2.22. The molecular weight excluding hydrogens is 230 g/mol. The first-order valence-electron chi connectivity index (χ1n) is 8.13. The normalized spacial score (nSPS) is 16.7. The van der Waals surface area contributed by atoms with Crippen LogP contribution in [0.1, 0.15) is 68.4 Å². The maximum atomic E-state index is 3.21. The fourth-order valence-corrected chi connectivity index (χ4v) is 3.20. The molecule has 1 fully saturated rings. The van der Waals surface area contributed by atoms with Crippen molar-refractivity contribution in [1.29, 1.82) is 0 Å². The summed E-state index contributed by atoms with van der Waals surface area (Å²) in [7, 11) is 2.03. The number of benzene rings is 1. The number of hydrogen-bond donors (Lipinski definition) is 1. The quantitative estimate of drug-likeness (QED) is 0.702. The van der Waals surface area contributed by atoms with Crippen molar-refractivity contribution in [3.05, 3.63) is 35.4 Å². The highest BCUT2D eigenvalue weighted by Crippen LogP contribution is 2.32. The molecule has 0 bridgehead atoms. The highest BCUT2D eigenvalue weighted by atomic mass is 14.8. The summed E-state index contributed by atoms with van der Waals surface area (Å²) in [5, 5.41) is 3.21. The largest absolute Gasteiger partial charge is 0.320 e. The van der Waals surface area contributed by atoms with Crippen LogP contribution in [0.15, 0.2) is 24.3 Å². The smallest absolute Gasteiger partial charge is 0.00519 e. The number of rotatable bonds is 7. The van der Waals surface area contributed by atoms with E-state index in [-0.39, 0.29) is 0 Å². The van der Waals surface area contributed by atoms with Crippen molar-refractivity contribution in [2.75, 3.05) is 13.6 Å². The first-order valence-corrected chi connectivity index (χ1v) is 8.13. The molecule has 1 nitrogen and oxygen atoms in total. The predicted octanol–water partition coefficient (Wildman–Crippen LogP) is 4.67. The Bertz CT molecular complexity index is 335. The lowest BCUT2D eigenvalue weighted by molar-refractivity contribution is 0.443. The molecule has 19 heavy (non-hydrogen) atoms. The predicted molar refractivity (Wildman–Crippen MR) is 83.7 cm³/mol. The van der Waals surface area contributed by atoms with E-state index in [9.17, 15) is 0 Å². The molecule has 1 N–H and O–H groups in total. The molecular formula is C18H29N. The van der Waals surface area contributed by atoms with Crippen LogP contribution in [0, 0.1) is 0 Å². The van der Waals surface area contributed by atoms with E-state index < -0.39 is 0 Å². The van der Waals surface area contributed by atoms with E-state index in [0.717, 1.165) is 12.5 Å². The molecule has 0 spiro atoms. The molecule has 0 amide bonds. The zero-order chi connectivity index (χ0) is 13.3. The topological polar surface area (TPSA) is 12.0 Å². The molecule has 1 aliphatic rings. The summed E-state index contributed by atoms with van der Waals surface area (Å²) in [5.74, 6) is 0.846. The summed E-state index contributed by atoms with van der Waals surface area (Å²) in [6.45, 7) is 1.15. The molecule has 1 aromatic carbocycles. The highest BCUT2D eigenvalue weighted by Gasteiger charge is 2.14. The summed E-state index contributed by atoms with van der Waals surface area (Å²) in [5.41, 5.74) is 3.10. The van der Waals surface area contributed by atoms with Crippen molar-refractivity contribution in [2.45, 2.75) is 63.7 Å². The summed E-state index contributed by atoms with van der Waals surface area (Å²) in [4.78, 5) is 0. The third kappa shape index (κ3) is 4.99. The molecule has 1 aliphatic carbocycles. The second-order valence-corrected chi connectivity index (χ2v) is 5.99. The van der Waals surface area contributed by atoms with Gasteiger partial charge in [0.15, 0.2) is 0 Å². The molecule has 1 aromatic rings. The fraction of sp³-hybridized carbons (Fsp3) is 0.667.